The number of benzene rings is 1. The van der Waals surface area contributed by atoms with Crippen molar-refractivity contribution in [1.29, 1.82) is 0 Å². The number of thioether (sulfide) groups is 1. The molecule has 76 valence electrons. The number of rotatable bonds is 2. The summed E-state index contributed by atoms with van der Waals surface area (Å²) in [7, 11) is 0. The highest BCUT2D eigenvalue weighted by molar-refractivity contribution is 8.11. The van der Waals surface area contributed by atoms with Gasteiger partial charge in [-0.2, -0.15) is 0 Å². The van der Waals surface area contributed by atoms with Gasteiger partial charge in [-0.05, 0) is 11.8 Å². The predicted octanol–water partition coefficient (Wildman–Crippen LogP) is 2.66. The lowest BCUT2D eigenvalue weighted by molar-refractivity contribution is 0.361. The maximum atomic E-state index is 12.7. The number of hydrogen-bond donors (Lipinski definition) is 0. The summed E-state index contributed by atoms with van der Waals surface area (Å²) in [4.78, 5) is 8.68. The van der Waals surface area contributed by atoms with Gasteiger partial charge in [0.15, 0.2) is 28.9 Å². The molecule has 0 aliphatic carbocycles. The topological polar surface area (TPSA) is 17.1 Å². The molecular formula is C7HF5OS. The Morgan fingerprint density at radius 2 is 1.14 bits per heavy atom. The first kappa shape index (κ1) is 11.0. The predicted molar refractivity (Wildman–Crippen MR) is 38.8 cm³/mol. The van der Waals surface area contributed by atoms with Crippen LogP contribution in [0.3, 0.4) is 0 Å². The average molecular weight is 228 g/mol. The van der Waals surface area contributed by atoms with Gasteiger partial charge in [0.05, 0.1) is 4.90 Å². The van der Waals surface area contributed by atoms with Gasteiger partial charge in [-0.1, -0.05) is 0 Å². The van der Waals surface area contributed by atoms with E-state index in [1.54, 1.807) is 0 Å². The van der Waals surface area contributed by atoms with Gasteiger partial charge in [0.25, 0.3) is 0 Å². The fourth-order valence-corrected chi connectivity index (χ4v) is 1.22. The SMILES string of the molecule is O=CSc1c(F)c(F)c(F)c(F)c1F. The van der Waals surface area contributed by atoms with E-state index in [9.17, 15) is 26.7 Å². The number of hydrogen-bond acceptors (Lipinski definition) is 2. The Morgan fingerprint density at radius 3 is 1.50 bits per heavy atom. The third kappa shape index (κ3) is 1.59. The van der Waals surface area contributed by atoms with Gasteiger partial charge in [0.2, 0.25) is 5.82 Å². The Kier molecular flexibility index (Phi) is 3.10. The van der Waals surface area contributed by atoms with Gasteiger partial charge in [0.1, 0.15) is 0 Å². The zero-order valence-corrected chi connectivity index (χ0v) is 7.10. The van der Waals surface area contributed by atoms with Crippen LogP contribution < -0.4 is 0 Å². The molecule has 1 aromatic carbocycles. The molecule has 0 radical (unpaired) electrons. The fraction of sp³-hybridized carbons (Fsp3) is 0. The van der Waals surface area contributed by atoms with Crippen LogP contribution in [0.15, 0.2) is 4.90 Å². The summed E-state index contributed by atoms with van der Waals surface area (Å²) < 4.78 is 62.7. The Balaban J connectivity index is 3.50. The second kappa shape index (κ2) is 3.95. The Bertz CT molecular complexity index is 363. The molecule has 0 unspecified atom stereocenters. The van der Waals surface area contributed by atoms with Crippen LogP contribution in [-0.2, 0) is 4.79 Å². The smallest absolute Gasteiger partial charge is 0.200 e. The summed E-state index contributed by atoms with van der Waals surface area (Å²) in [6.07, 6.45) is 0. The quantitative estimate of drug-likeness (QED) is 0.254. The minimum Gasteiger partial charge on any atom is -0.291 e. The fourth-order valence-electron chi connectivity index (χ4n) is 0.736. The monoisotopic (exact) mass is 228 g/mol. The standard InChI is InChI=1S/C7HF5OS/c8-2-3(9)5(11)7(14-1-13)6(12)4(2)10/h1H. The summed E-state index contributed by atoms with van der Waals surface area (Å²) in [5.74, 6) is -10.4. The highest BCUT2D eigenvalue weighted by Crippen LogP contribution is 2.29. The molecule has 0 saturated carbocycles. The van der Waals surface area contributed by atoms with E-state index >= 15 is 0 Å². The van der Waals surface area contributed by atoms with Crippen LogP contribution in [0.4, 0.5) is 22.0 Å². The first-order valence-corrected chi connectivity index (χ1v) is 4.00. The van der Waals surface area contributed by atoms with Crippen molar-refractivity contribution >= 4 is 17.4 Å². The van der Waals surface area contributed by atoms with E-state index in [0.717, 1.165) is 0 Å². The van der Waals surface area contributed by atoms with E-state index in [4.69, 9.17) is 0 Å². The van der Waals surface area contributed by atoms with Crippen LogP contribution in [0.25, 0.3) is 0 Å². The number of carbonyl (C=O) groups excluding carboxylic acids is 1. The third-order valence-corrected chi connectivity index (χ3v) is 2.03. The van der Waals surface area contributed by atoms with Crippen molar-refractivity contribution in [3.05, 3.63) is 29.1 Å². The second-order valence-electron chi connectivity index (χ2n) is 2.11. The summed E-state index contributed by atoms with van der Waals surface area (Å²) in [5.41, 5.74) is -0.0295. The molecule has 0 amide bonds. The summed E-state index contributed by atoms with van der Waals surface area (Å²) in [6, 6.07) is 0. The van der Waals surface area contributed by atoms with Crippen molar-refractivity contribution in [2.24, 2.45) is 0 Å². The van der Waals surface area contributed by atoms with E-state index in [1.165, 1.54) is 0 Å². The first-order valence-electron chi connectivity index (χ1n) is 3.12. The Labute approximate surface area is 78.9 Å². The molecule has 1 rings (SSSR count). The molecular weight excluding hydrogens is 227 g/mol. The van der Waals surface area contributed by atoms with Crippen LogP contribution in [0.1, 0.15) is 0 Å². The highest BCUT2D eigenvalue weighted by Gasteiger charge is 2.25. The van der Waals surface area contributed by atoms with Crippen LogP contribution in [0.2, 0.25) is 0 Å². The molecule has 0 aliphatic heterocycles. The van der Waals surface area contributed by atoms with Crippen LogP contribution in [-0.4, -0.2) is 5.62 Å². The van der Waals surface area contributed by atoms with Gasteiger partial charge in [-0.25, -0.2) is 22.0 Å². The van der Waals surface area contributed by atoms with E-state index in [-0.39, 0.29) is 17.4 Å². The lowest BCUT2D eigenvalue weighted by atomic mass is 10.3. The number of halogens is 5. The molecule has 0 aliphatic rings. The Morgan fingerprint density at radius 1 is 0.786 bits per heavy atom. The van der Waals surface area contributed by atoms with Crippen molar-refractivity contribution in [2.75, 3.05) is 0 Å². The normalized spacial score (nSPS) is 10.4. The van der Waals surface area contributed by atoms with Crippen molar-refractivity contribution in [3.8, 4) is 0 Å². The minimum atomic E-state index is -2.24. The molecule has 0 heterocycles. The van der Waals surface area contributed by atoms with Crippen molar-refractivity contribution in [3.63, 3.8) is 0 Å². The lowest BCUT2D eigenvalue weighted by Crippen LogP contribution is -2.02. The molecule has 14 heavy (non-hydrogen) atoms. The van der Waals surface area contributed by atoms with E-state index in [0.29, 0.717) is 0 Å². The molecule has 0 spiro atoms. The molecule has 0 saturated heterocycles. The van der Waals surface area contributed by atoms with Gasteiger partial charge < -0.3 is 0 Å². The highest BCUT2D eigenvalue weighted by atomic mass is 32.2. The second-order valence-corrected chi connectivity index (χ2v) is 2.95. The zero-order valence-electron chi connectivity index (χ0n) is 6.28. The third-order valence-electron chi connectivity index (χ3n) is 1.34. The molecule has 0 bridgehead atoms. The molecule has 0 aromatic heterocycles. The minimum absolute atomic E-state index is 0.0295. The van der Waals surface area contributed by atoms with Gasteiger partial charge >= 0.3 is 0 Å². The maximum absolute atomic E-state index is 12.7. The van der Waals surface area contributed by atoms with Crippen molar-refractivity contribution < 1.29 is 26.7 Å². The van der Waals surface area contributed by atoms with Gasteiger partial charge in [0, 0.05) is 0 Å². The molecule has 0 N–H and O–H groups in total. The summed E-state index contributed by atoms with van der Waals surface area (Å²) in [6.45, 7) is 0. The molecule has 0 fully saturated rings. The van der Waals surface area contributed by atoms with E-state index in [1.807, 2.05) is 0 Å². The first-order chi connectivity index (χ1) is 6.50. The molecule has 0 atom stereocenters. The Hall–Kier alpha value is -1.11. The van der Waals surface area contributed by atoms with Crippen LogP contribution in [0, 0.1) is 29.1 Å². The van der Waals surface area contributed by atoms with E-state index < -0.39 is 34.0 Å². The zero-order chi connectivity index (χ0) is 10.9. The lowest BCUT2D eigenvalue weighted by Gasteiger charge is -2.03. The van der Waals surface area contributed by atoms with Gasteiger partial charge in [-0.15, -0.1) is 0 Å². The largest absolute Gasteiger partial charge is 0.291 e. The molecule has 7 heteroatoms. The summed E-state index contributed by atoms with van der Waals surface area (Å²) >= 11 is -0.112. The number of carbonyl (C=O) groups is 1. The van der Waals surface area contributed by atoms with Gasteiger partial charge in [-0.3, -0.25) is 4.79 Å². The van der Waals surface area contributed by atoms with Crippen LogP contribution >= 0.6 is 11.8 Å². The van der Waals surface area contributed by atoms with E-state index in [2.05, 4.69) is 0 Å². The summed E-state index contributed by atoms with van der Waals surface area (Å²) in [5, 5.41) is 0. The van der Waals surface area contributed by atoms with Crippen molar-refractivity contribution in [2.45, 2.75) is 4.90 Å². The maximum Gasteiger partial charge on any atom is 0.200 e. The molecule has 1 nitrogen and oxygen atoms in total. The average Bonchev–Trinajstić information content (AvgIpc) is 2.19. The van der Waals surface area contributed by atoms with Crippen LogP contribution in [0.5, 0.6) is 0 Å². The van der Waals surface area contributed by atoms with Crippen molar-refractivity contribution in [1.82, 2.24) is 0 Å². The molecule has 1 aromatic rings.